The number of benzene rings is 4. The second kappa shape index (κ2) is 24.6. The monoisotopic (exact) mass is 969 g/mol. The fourth-order valence-corrected chi connectivity index (χ4v) is 7.91. The number of rotatable bonds is 21. The largest absolute Gasteiger partial charge is 0.541 e. The molecule has 4 aromatic rings. The van der Waals surface area contributed by atoms with Gasteiger partial charge in [-0.3, -0.25) is 4.79 Å². The minimum atomic E-state index is -2.56. The SMILES string of the molecule is CC[C@H](C)[C@H](NC(=O)[C@H](Cc1ccc(OC)c(-c2cc(C[C@H](NC(=O)OCc3ccccc3)C(=O)OC)cc(O[Si](C)(C)C(C)(C)C)c2OC)c1)NC(=O)OC(C)(C)C)C(=O)OCc1ccccc1. The second-order valence-corrected chi connectivity index (χ2v) is 24.2. The number of carbonyl (C=O) groups excluding carboxylic acids is 5. The zero-order valence-electron chi connectivity index (χ0n) is 42.4. The maximum atomic E-state index is 14.4. The zero-order chi connectivity index (χ0) is 51.1. The van der Waals surface area contributed by atoms with Crippen LogP contribution in [-0.2, 0) is 59.4 Å². The topological polar surface area (TPSA) is 186 Å². The number of carbonyl (C=O) groups is 5. The number of methoxy groups -OCH3 is 3. The van der Waals surface area contributed by atoms with Crippen molar-refractivity contribution < 1.29 is 56.8 Å². The number of hydrogen-bond donors (Lipinski definition) is 3. The van der Waals surface area contributed by atoms with Gasteiger partial charge in [0.25, 0.3) is 8.32 Å². The molecule has 0 saturated heterocycles. The quantitative estimate of drug-likeness (QED) is 0.0409. The number of esters is 2. The first-order chi connectivity index (χ1) is 32.5. The molecule has 15 nitrogen and oxygen atoms in total. The Bertz CT molecular complexity index is 2360. The van der Waals surface area contributed by atoms with E-state index in [1.807, 2.05) is 86.6 Å². The van der Waals surface area contributed by atoms with Crippen LogP contribution in [-0.4, -0.2) is 83.4 Å². The van der Waals surface area contributed by atoms with Gasteiger partial charge in [-0.05, 0) is 91.3 Å². The Hall–Kier alpha value is -6.55. The van der Waals surface area contributed by atoms with E-state index in [2.05, 4.69) is 49.8 Å². The lowest BCUT2D eigenvalue weighted by Gasteiger charge is -2.37. The molecular weight excluding hydrogens is 899 g/mol. The Balaban J connectivity index is 1.80. The van der Waals surface area contributed by atoms with Crippen molar-refractivity contribution in [2.75, 3.05) is 21.3 Å². The molecular formula is C53H71N3O12Si. The predicted molar refractivity (Wildman–Crippen MR) is 267 cm³/mol. The molecule has 0 saturated carbocycles. The highest BCUT2D eigenvalue weighted by molar-refractivity contribution is 6.74. The average Bonchev–Trinajstić information content (AvgIpc) is 3.30. The number of hydrogen-bond acceptors (Lipinski definition) is 12. The van der Waals surface area contributed by atoms with Gasteiger partial charge in [-0.15, -0.1) is 0 Å². The molecule has 69 heavy (non-hydrogen) atoms. The third-order valence-electron chi connectivity index (χ3n) is 11.9. The van der Waals surface area contributed by atoms with Gasteiger partial charge in [0.2, 0.25) is 5.91 Å². The van der Waals surface area contributed by atoms with Crippen LogP contribution in [0, 0.1) is 5.92 Å². The molecule has 0 aliphatic rings. The van der Waals surface area contributed by atoms with Gasteiger partial charge in [-0.25, -0.2) is 19.2 Å². The Morgan fingerprint density at radius 1 is 0.609 bits per heavy atom. The van der Waals surface area contributed by atoms with Crippen molar-refractivity contribution in [1.82, 2.24) is 16.0 Å². The van der Waals surface area contributed by atoms with Gasteiger partial charge in [0.1, 0.15) is 48.4 Å². The van der Waals surface area contributed by atoms with Gasteiger partial charge in [0.15, 0.2) is 5.75 Å². The third kappa shape index (κ3) is 16.3. The van der Waals surface area contributed by atoms with Crippen LogP contribution in [0.4, 0.5) is 9.59 Å². The summed E-state index contributed by atoms with van der Waals surface area (Å²) in [6.07, 6.45) is -1.18. The van der Waals surface area contributed by atoms with Crippen LogP contribution < -0.4 is 29.9 Å². The molecule has 16 heteroatoms. The molecule has 0 spiro atoms. The average molecular weight is 970 g/mol. The van der Waals surface area contributed by atoms with Crippen molar-refractivity contribution in [1.29, 1.82) is 0 Å². The van der Waals surface area contributed by atoms with Crippen molar-refractivity contribution in [3.63, 3.8) is 0 Å². The molecule has 0 unspecified atom stereocenters. The Labute approximate surface area is 408 Å². The molecule has 374 valence electrons. The van der Waals surface area contributed by atoms with E-state index in [1.54, 1.807) is 39.0 Å². The van der Waals surface area contributed by atoms with Crippen LogP contribution in [0.1, 0.15) is 84.1 Å². The van der Waals surface area contributed by atoms with E-state index in [-0.39, 0.29) is 37.0 Å². The summed E-state index contributed by atoms with van der Waals surface area (Å²) >= 11 is 0. The molecule has 0 aromatic heterocycles. The van der Waals surface area contributed by atoms with E-state index in [1.165, 1.54) is 21.3 Å². The molecule has 0 bridgehead atoms. The van der Waals surface area contributed by atoms with Crippen LogP contribution in [0.3, 0.4) is 0 Å². The predicted octanol–water partition coefficient (Wildman–Crippen LogP) is 9.48. The first-order valence-corrected chi connectivity index (χ1v) is 26.0. The molecule has 4 atom stereocenters. The highest BCUT2D eigenvalue weighted by Gasteiger charge is 2.40. The number of alkyl carbamates (subject to hydrolysis) is 2. The van der Waals surface area contributed by atoms with Crippen LogP contribution in [0.25, 0.3) is 11.1 Å². The first-order valence-electron chi connectivity index (χ1n) is 23.1. The van der Waals surface area contributed by atoms with Crippen LogP contribution in [0.2, 0.25) is 18.1 Å². The Kier molecular flexibility index (Phi) is 19.7. The van der Waals surface area contributed by atoms with Crippen LogP contribution in [0.5, 0.6) is 17.2 Å². The van der Waals surface area contributed by atoms with Gasteiger partial charge in [-0.2, -0.15) is 0 Å². The third-order valence-corrected chi connectivity index (χ3v) is 16.3. The molecule has 0 heterocycles. The van der Waals surface area contributed by atoms with E-state index < -0.39 is 62.1 Å². The Morgan fingerprint density at radius 2 is 1.17 bits per heavy atom. The van der Waals surface area contributed by atoms with E-state index in [9.17, 15) is 24.0 Å². The molecule has 4 aromatic carbocycles. The van der Waals surface area contributed by atoms with Gasteiger partial charge >= 0.3 is 24.1 Å². The van der Waals surface area contributed by atoms with Gasteiger partial charge in [0.05, 0.1) is 21.3 Å². The van der Waals surface area contributed by atoms with Crippen LogP contribution in [0.15, 0.2) is 91.0 Å². The molecule has 3 amide bonds. The number of nitrogens with one attached hydrogen (secondary N) is 3. The zero-order valence-corrected chi connectivity index (χ0v) is 43.4. The summed E-state index contributed by atoms with van der Waals surface area (Å²) in [6.45, 7) is 19.4. The second-order valence-electron chi connectivity index (χ2n) is 19.4. The molecule has 0 radical (unpaired) electrons. The lowest BCUT2D eigenvalue weighted by Crippen LogP contribution is -2.55. The first kappa shape index (κ1) is 55.0. The van der Waals surface area contributed by atoms with Crippen molar-refractivity contribution in [3.8, 4) is 28.4 Å². The van der Waals surface area contributed by atoms with Crippen molar-refractivity contribution in [2.45, 2.75) is 130 Å². The summed E-state index contributed by atoms with van der Waals surface area (Å²) in [6, 6.07) is 23.9. The maximum absolute atomic E-state index is 14.4. The van der Waals surface area contributed by atoms with Crippen molar-refractivity contribution in [3.05, 3.63) is 113 Å². The van der Waals surface area contributed by atoms with Crippen molar-refractivity contribution >= 4 is 38.3 Å². The van der Waals surface area contributed by atoms with E-state index in [0.717, 1.165) is 11.1 Å². The Morgan fingerprint density at radius 3 is 1.71 bits per heavy atom. The summed E-state index contributed by atoms with van der Waals surface area (Å²) in [5.41, 5.74) is 2.88. The van der Waals surface area contributed by atoms with Gasteiger partial charge < -0.3 is 48.8 Å². The maximum Gasteiger partial charge on any atom is 0.408 e. The number of amides is 3. The molecule has 0 fully saturated rings. The summed E-state index contributed by atoms with van der Waals surface area (Å²) in [5.74, 6) is -1.05. The molecule has 3 N–H and O–H groups in total. The summed E-state index contributed by atoms with van der Waals surface area (Å²) < 4.78 is 40.9. The highest BCUT2D eigenvalue weighted by atomic mass is 28.4. The lowest BCUT2D eigenvalue weighted by atomic mass is 9.94. The lowest BCUT2D eigenvalue weighted by molar-refractivity contribution is -0.151. The number of ether oxygens (including phenoxy) is 6. The molecule has 0 aliphatic heterocycles. The molecule has 0 aliphatic carbocycles. The van der Waals surface area contributed by atoms with E-state index in [4.69, 9.17) is 32.8 Å². The van der Waals surface area contributed by atoms with Gasteiger partial charge in [0, 0.05) is 24.0 Å². The minimum Gasteiger partial charge on any atom is -0.541 e. The fraction of sp³-hybridized carbons (Fsp3) is 0.453. The standard InChI is InChI=1S/C53H71N3O12Si/c1-14-34(2)45(49(59)65-32-35-21-17-15-18-22-35)56-47(57)41(54-51(61)67-52(3,4)5)29-37-25-26-43(62-9)39(27-37)40-28-38(31-44(46(40)63-10)68-69(12,13)53(6,7)8)30-42(48(58)64-11)55-50(60)66-33-36-23-19-16-20-24-36/h15-28,31,34,41-42,45H,14,29-30,32-33H2,1-13H3,(H,54,61)(H,55,60)(H,56,57)/t34-,41-,42-,45-/m0/s1. The highest BCUT2D eigenvalue weighted by Crippen LogP contribution is 2.47. The summed E-state index contributed by atoms with van der Waals surface area (Å²) in [4.78, 5) is 67.8. The van der Waals surface area contributed by atoms with Gasteiger partial charge in [-0.1, -0.05) is 108 Å². The van der Waals surface area contributed by atoms with E-state index >= 15 is 0 Å². The molecule has 4 rings (SSSR count). The summed E-state index contributed by atoms with van der Waals surface area (Å²) in [7, 11) is 1.73. The minimum absolute atomic E-state index is 0.0105. The van der Waals surface area contributed by atoms with Crippen LogP contribution >= 0.6 is 0 Å². The normalized spacial score (nSPS) is 13.3. The van der Waals surface area contributed by atoms with E-state index in [0.29, 0.717) is 45.9 Å². The van der Waals surface area contributed by atoms with Crippen molar-refractivity contribution in [2.24, 2.45) is 5.92 Å². The summed E-state index contributed by atoms with van der Waals surface area (Å²) in [5, 5.41) is 8.05. The fourth-order valence-electron chi connectivity index (χ4n) is 6.90. The smallest absolute Gasteiger partial charge is 0.408 e.